The summed E-state index contributed by atoms with van der Waals surface area (Å²) in [5.74, 6) is 1.97. The number of carbonyl (C=O) groups excluding carboxylic acids is 1. The normalized spacial score (nSPS) is 15.5. The maximum absolute atomic E-state index is 12.3. The molecule has 1 aliphatic rings. The van der Waals surface area contributed by atoms with E-state index in [9.17, 15) is 4.79 Å². The molecule has 1 fully saturated rings. The van der Waals surface area contributed by atoms with Crippen LogP contribution in [0.15, 0.2) is 48.7 Å². The minimum absolute atomic E-state index is 0.0733. The van der Waals surface area contributed by atoms with Crippen LogP contribution in [0.3, 0.4) is 0 Å². The zero-order valence-corrected chi connectivity index (χ0v) is 16.2. The van der Waals surface area contributed by atoms with Crippen molar-refractivity contribution < 1.29 is 4.79 Å². The van der Waals surface area contributed by atoms with Gasteiger partial charge in [-0.3, -0.25) is 4.79 Å². The lowest BCUT2D eigenvalue weighted by Crippen LogP contribution is -2.31. The van der Waals surface area contributed by atoms with Crippen LogP contribution in [0.5, 0.6) is 0 Å². The second-order valence-corrected chi connectivity index (χ2v) is 8.06. The van der Waals surface area contributed by atoms with Crippen LogP contribution >= 0.6 is 11.8 Å². The molecule has 3 rings (SSSR count). The Morgan fingerprint density at radius 3 is 2.58 bits per heavy atom. The summed E-state index contributed by atoms with van der Waals surface area (Å²) in [5.41, 5.74) is 2.29. The van der Waals surface area contributed by atoms with E-state index in [1.807, 2.05) is 31.3 Å². The monoisotopic (exact) mass is 369 g/mol. The van der Waals surface area contributed by atoms with Gasteiger partial charge >= 0.3 is 0 Å². The van der Waals surface area contributed by atoms with E-state index in [-0.39, 0.29) is 11.2 Å². The number of carbonyl (C=O) groups is 1. The molecule has 0 spiro atoms. The lowest BCUT2D eigenvalue weighted by molar-refractivity contribution is -0.120. The van der Waals surface area contributed by atoms with E-state index in [4.69, 9.17) is 0 Å². The van der Waals surface area contributed by atoms with Crippen molar-refractivity contribution in [1.29, 1.82) is 0 Å². The van der Waals surface area contributed by atoms with Gasteiger partial charge in [-0.1, -0.05) is 36.4 Å². The Morgan fingerprint density at radius 1 is 1.12 bits per heavy atom. The van der Waals surface area contributed by atoms with Gasteiger partial charge in [0.15, 0.2) is 0 Å². The van der Waals surface area contributed by atoms with Gasteiger partial charge in [0, 0.05) is 31.6 Å². The Kier molecular flexibility index (Phi) is 6.95. The fourth-order valence-corrected chi connectivity index (χ4v) is 3.90. The van der Waals surface area contributed by atoms with Crippen molar-refractivity contribution in [3.8, 4) is 0 Å². The third kappa shape index (κ3) is 5.49. The van der Waals surface area contributed by atoms with Crippen molar-refractivity contribution in [1.82, 2.24) is 10.3 Å². The predicted molar refractivity (Wildman–Crippen MR) is 109 cm³/mol. The molecule has 1 aromatic carbocycles. The van der Waals surface area contributed by atoms with Crippen molar-refractivity contribution >= 4 is 23.5 Å². The Hall–Kier alpha value is -2.01. The molecule has 138 valence electrons. The fraction of sp³-hybridized carbons (Fsp3) is 0.429. The Bertz CT molecular complexity index is 684. The first kappa shape index (κ1) is 18.8. The third-order valence-electron chi connectivity index (χ3n) is 4.67. The molecule has 0 aliphatic carbocycles. The van der Waals surface area contributed by atoms with Gasteiger partial charge in [0.25, 0.3) is 0 Å². The van der Waals surface area contributed by atoms with E-state index in [2.05, 4.69) is 39.5 Å². The number of hydrogen-bond acceptors (Lipinski definition) is 4. The van der Waals surface area contributed by atoms with E-state index >= 15 is 0 Å². The average Bonchev–Trinajstić information content (AvgIpc) is 2.72. The van der Waals surface area contributed by atoms with E-state index in [0.29, 0.717) is 6.54 Å². The average molecular weight is 370 g/mol. The molecule has 2 aromatic rings. The van der Waals surface area contributed by atoms with E-state index in [1.165, 1.54) is 24.8 Å². The molecular formula is C21H27N3OS. The summed E-state index contributed by atoms with van der Waals surface area (Å²) in [4.78, 5) is 19.2. The van der Waals surface area contributed by atoms with Crippen LogP contribution in [0.4, 0.5) is 5.82 Å². The van der Waals surface area contributed by atoms with E-state index in [0.717, 1.165) is 30.2 Å². The summed E-state index contributed by atoms with van der Waals surface area (Å²) in [5, 5.41) is 2.95. The number of nitrogens with one attached hydrogen (secondary N) is 1. The maximum atomic E-state index is 12.3. The fourth-order valence-electron chi connectivity index (χ4n) is 3.04. The van der Waals surface area contributed by atoms with Gasteiger partial charge in [-0.25, -0.2) is 4.98 Å². The standard InChI is InChI=1S/C21H27N3OS/c1-17(26-16-18-8-4-2-5-9-18)21(25)23-15-19-10-11-20(22-14-19)24-12-6-3-7-13-24/h2,4-5,8-11,14,17H,3,6-7,12-13,15-16H2,1H3,(H,23,25)/t17-/m1/s1. The van der Waals surface area contributed by atoms with Crippen LogP contribution in [-0.4, -0.2) is 29.2 Å². The molecule has 1 aliphatic heterocycles. The molecule has 1 atom stereocenters. The number of nitrogens with zero attached hydrogens (tertiary/aromatic N) is 2. The van der Waals surface area contributed by atoms with Crippen molar-refractivity contribution in [3.05, 3.63) is 59.8 Å². The Balaban J connectivity index is 1.43. The largest absolute Gasteiger partial charge is 0.357 e. The zero-order chi connectivity index (χ0) is 18.2. The summed E-state index contributed by atoms with van der Waals surface area (Å²) in [6, 6.07) is 14.4. The van der Waals surface area contributed by atoms with Crippen molar-refractivity contribution in [2.24, 2.45) is 0 Å². The van der Waals surface area contributed by atoms with Gasteiger partial charge in [0.2, 0.25) is 5.91 Å². The number of pyridine rings is 1. The number of benzene rings is 1. The molecule has 26 heavy (non-hydrogen) atoms. The first-order chi connectivity index (χ1) is 12.7. The molecular weight excluding hydrogens is 342 g/mol. The zero-order valence-electron chi connectivity index (χ0n) is 15.4. The quantitative estimate of drug-likeness (QED) is 0.801. The van der Waals surface area contributed by atoms with Gasteiger partial charge in [0.1, 0.15) is 5.82 Å². The molecule has 0 radical (unpaired) electrons. The molecule has 1 saturated heterocycles. The minimum Gasteiger partial charge on any atom is -0.357 e. The number of hydrogen-bond donors (Lipinski definition) is 1. The van der Waals surface area contributed by atoms with Crippen LogP contribution in [0.1, 0.15) is 37.3 Å². The Labute approximate surface area is 160 Å². The van der Waals surface area contributed by atoms with Crippen LogP contribution < -0.4 is 10.2 Å². The number of amides is 1. The lowest BCUT2D eigenvalue weighted by atomic mass is 10.1. The molecule has 2 heterocycles. The van der Waals surface area contributed by atoms with E-state index < -0.39 is 0 Å². The van der Waals surface area contributed by atoms with Gasteiger partial charge in [-0.2, -0.15) is 0 Å². The number of aromatic nitrogens is 1. The highest BCUT2D eigenvalue weighted by Crippen LogP contribution is 2.19. The summed E-state index contributed by atoms with van der Waals surface area (Å²) >= 11 is 1.66. The molecule has 0 saturated carbocycles. The predicted octanol–water partition coefficient (Wildman–Crippen LogP) is 4.01. The first-order valence-corrected chi connectivity index (χ1v) is 10.4. The smallest absolute Gasteiger partial charge is 0.233 e. The summed E-state index contributed by atoms with van der Waals surface area (Å²) in [6.07, 6.45) is 5.70. The van der Waals surface area contributed by atoms with E-state index in [1.54, 1.807) is 11.8 Å². The molecule has 1 N–H and O–H groups in total. The van der Waals surface area contributed by atoms with Gasteiger partial charge in [0.05, 0.1) is 5.25 Å². The van der Waals surface area contributed by atoms with Gasteiger partial charge in [-0.05, 0) is 43.4 Å². The van der Waals surface area contributed by atoms with Crippen LogP contribution in [0.2, 0.25) is 0 Å². The highest BCUT2D eigenvalue weighted by molar-refractivity contribution is 7.99. The highest BCUT2D eigenvalue weighted by Gasteiger charge is 2.14. The second kappa shape index (κ2) is 9.62. The number of thioether (sulfide) groups is 1. The number of piperidine rings is 1. The SMILES string of the molecule is C[C@@H](SCc1ccccc1)C(=O)NCc1ccc(N2CCCCC2)nc1. The summed E-state index contributed by atoms with van der Waals surface area (Å²) < 4.78 is 0. The Morgan fingerprint density at radius 2 is 1.88 bits per heavy atom. The second-order valence-electron chi connectivity index (χ2n) is 6.73. The first-order valence-electron chi connectivity index (χ1n) is 9.35. The summed E-state index contributed by atoms with van der Waals surface area (Å²) in [6.45, 7) is 4.68. The third-order valence-corrected chi connectivity index (χ3v) is 5.88. The molecule has 4 nitrogen and oxygen atoms in total. The van der Waals surface area contributed by atoms with Gasteiger partial charge < -0.3 is 10.2 Å². The van der Waals surface area contributed by atoms with Gasteiger partial charge in [-0.15, -0.1) is 11.8 Å². The molecule has 5 heteroatoms. The minimum atomic E-state index is -0.0733. The van der Waals surface area contributed by atoms with Crippen LogP contribution in [-0.2, 0) is 17.1 Å². The summed E-state index contributed by atoms with van der Waals surface area (Å²) in [7, 11) is 0. The number of anilines is 1. The van der Waals surface area contributed by atoms with Crippen molar-refractivity contribution in [2.45, 2.75) is 43.7 Å². The molecule has 1 aromatic heterocycles. The van der Waals surface area contributed by atoms with Crippen LogP contribution in [0.25, 0.3) is 0 Å². The molecule has 0 unspecified atom stereocenters. The topological polar surface area (TPSA) is 45.2 Å². The van der Waals surface area contributed by atoms with Crippen LogP contribution in [0, 0.1) is 0 Å². The van der Waals surface area contributed by atoms with Crippen molar-refractivity contribution in [2.75, 3.05) is 18.0 Å². The number of rotatable bonds is 7. The van der Waals surface area contributed by atoms with Crippen molar-refractivity contribution in [3.63, 3.8) is 0 Å². The molecule has 1 amide bonds. The molecule has 0 bridgehead atoms. The maximum Gasteiger partial charge on any atom is 0.233 e. The lowest BCUT2D eigenvalue weighted by Gasteiger charge is -2.27. The highest BCUT2D eigenvalue weighted by atomic mass is 32.2.